The molecule has 1 unspecified atom stereocenters. The molecule has 1 atom stereocenters. The average molecular weight is 349 g/mol. The highest BCUT2D eigenvalue weighted by Gasteiger charge is 2.32. The fourth-order valence-electron chi connectivity index (χ4n) is 2.40. The number of rotatable bonds is 5. The van der Waals surface area contributed by atoms with Crippen LogP contribution < -0.4 is 5.32 Å². The van der Waals surface area contributed by atoms with E-state index in [0.29, 0.717) is 17.7 Å². The number of carbonyl (C=O) groups is 1. The van der Waals surface area contributed by atoms with Crippen LogP contribution in [0.2, 0.25) is 0 Å². The van der Waals surface area contributed by atoms with E-state index >= 15 is 0 Å². The molecule has 1 N–H and O–H groups in total. The predicted octanol–water partition coefficient (Wildman–Crippen LogP) is 2.73. The summed E-state index contributed by atoms with van der Waals surface area (Å²) in [5.41, 5.74) is 0.904. The summed E-state index contributed by atoms with van der Waals surface area (Å²) < 4.78 is 37.1. The van der Waals surface area contributed by atoms with E-state index in [-0.39, 0.29) is 24.6 Å². The Hall–Kier alpha value is -2.95. The lowest BCUT2D eigenvalue weighted by Crippen LogP contribution is -2.37. The zero-order valence-corrected chi connectivity index (χ0v) is 13.8. The highest BCUT2D eigenvalue weighted by atomic mass is 19.2. The quantitative estimate of drug-likeness (QED) is 0.653. The molecule has 1 aliphatic rings. The van der Waals surface area contributed by atoms with Gasteiger partial charge in [-0.15, -0.1) is 0 Å². The van der Waals surface area contributed by atoms with Gasteiger partial charge in [0.25, 0.3) is 6.02 Å². The van der Waals surface area contributed by atoms with Crippen LogP contribution in [0.25, 0.3) is 0 Å². The number of methoxy groups -OCH3 is 1. The van der Waals surface area contributed by atoms with Crippen LogP contribution in [0, 0.1) is 23.0 Å². The third kappa shape index (κ3) is 4.12. The summed E-state index contributed by atoms with van der Waals surface area (Å²) in [6.07, 6.45) is 0.452. The number of allylic oxidation sites excluding steroid dienone is 1. The minimum atomic E-state index is -1.03. The van der Waals surface area contributed by atoms with Crippen LogP contribution in [-0.4, -0.2) is 25.7 Å². The number of halogens is 2. The number of hydrogen-bond donors (Lipinski definition) is 1. The highest BCUT2D eigenvalue weighted by molar-refractivity contribution is 5.94. The van der Waals surface area contributed by atoms with E-state index in [0.717, 1.165) is 12.1 Å². The molecule has 25 heavy (non-hydrogen) atoms. The van der Waals surface area contributed by atoms with Gasteiger partial charge in [-0.05, 0) is 24.1 Å². The Morgan fingerprint density at radius 2 is 2.16 bits per heavy atom. The van der Waals surface area contributed by atoms with E-state index < -0.39 is 23.6 Å². The number of nitriles is 1. The van der Waals surface area contributed by atoms with Crippen molar-refractivity contribution in [1.82, 2.24) is 5.32 Å². The first-order chi connectivity index (χ1) is 12.0. The van der Waals surface area contributed by atoms with Crippen molar-refractivity contribution < 1.29 is 23.0 Å². The summed E-state index contributed by atoms with van der Waals surface area (Å²) in [5, 5.41) is 11.4. The van der Waals surface area contributed by atoms with E-state index in [1.54, 1.807) is 6.92 Å². The second-order valence-electron chi connectivity index (χ2n) is 5.13. The molecule has 0 saturated heterocycles. The first-order valence-electron chi connectivity index (χ1n) is 7.63. The first kappa shape index (κ1) is 18.4. The molecule has 6 nitrogen and oxygen atoms in total. The van der Waals surface area contributed by atoms with Crippen molar-refractivity contribution in [2.45, 2.75) is 25.8 Å². The summed E-state index contributed by atoms with van der Waals surface area (Å²) in [4.78, 5) is 16.7. The molecule has 0 radical (unpaired) electrons. The molecule has 0 spiro atoms. The van der Waals surface area contributed by atoms with E-state index in [1.807, 2.05) is 6.07 Å². The van der Waals surface area contributed by atoms with Crippen molar-refractivity contribution in [1.29, 1.82) is 5.26 Å². The number of benzene rings is 1. The number of esters is 1. The summed E-state index contributed by atoms with van der Waals surface area (Å²) in [5.74, 6) is -2.69. The lowest BCUT2D eigenvalue weighted by molar-refractivity contribution is -0.139. The number of hydrogen-bond acceptors (Lipinski definition) is 6. The maximum Gasteiger partial charge on any atom is 0.338 e. The average Bonchev–Trinajstić information content (AvgIpc) is 2.62. The minimum absolute atomic E-state index is 0.0519. The highest BCUT2D eigenvalue weighted by Crippen LogP contribution is 2.31. The van der Waals surface area contributed by atoms with Gasteiger partial charge in [-0.1, -0.05) is 13.0 Å². The number of amidine groups is 1. The summed E-state index contributed by atoms with van der Waals surface area (Å²) in [6.45, 7) is 1.73. The predicted molar refractivity (Wildman–Crippen MR) is 85.2 cm³/mol. The van der Waals surface area contributed by atoms with Gasteiger partial charge >= 0.3 is 5.97 Å². The van der Waals surface area contributed by atoms with Crippen LogP contribution in [0.4, 0.5) is 8.78 Å². The lowest BCUT2D eigenvalue weighted by Gasteiger charge is -2.27. The van der Waals surface area contributed by atoms with E-state index in [4.69, 9.17) is 14.7 Å². The Morgan fingerprint density at radius 1 is 1.40 bits per heavy atom. The van der Waals surface area contributed by atoms with Gasteiger partial charge in [0.1, 0.15) is 6.61 Å². The van der Waals surface area contributed by atoms with Gasteiger partial charge in [0.05, 0.1) is 36.9 Å². The molecule has 0 amide bonds. The number of aliphatic imine (C=N–C) groups is 1. The zero-order valence-electron chi connectivity index (χ0n) is 13.8. The van der Waals surface area contributed by atoms with Gasteiger partial charge in [0.15, 0.2) is 11.6 Å². The minimum Gasteiger partial charge on any atom is -0.468 e. The molecule has 1 aromatic rings. The largest absolute Gasteiger partial charge is 0.468 e. The van der Waals surface area contributed by atoms with Crippen molar-refractivity contribution in [2.24, 2.45) is 4.99 Å². The molecule has 0 bridgehead atoms. The van der Waals surface area contributed by atoms with Crippen LogP contribution in [0.5, 0.6) is 0 Å². The number of ether oxygens (including phenoxy) is 2. The lowest BCUT2D eigenvalue weighted by atomic mass is 9.95. The molecule has 0 saturated carbocycles. The normalized spacial score (nSPS) is 16.6. The van der Waals surface area contributed by atoms with Crippen molar-refractivity contribution in [2.75, 3.05) is 13.7 Å². The summed E-state index contributed by atoms with van der Waals surface area (Å²) in [6, 6.07) is 4.56. The van der Waals surface area contributed by atoms with Crippen LogP contribution in [0.15, 0.2) is 34.5 Å². The Balaban J connectivity index is 2.45. The molecule has 0 fully saturated rings. The molecule has 0 aliphatic carbocycles. The van der Waals surface area contributed by atoms with Crippen LogP contribution in [0.1, 0.15) is 31.4 Å². The standard InChI is InChI=1S/C17H17F2N3O3/c1-3-13-14(16(23)25-8-4-7-20)15(22-17(21-13)24-2)10-5-6-11(18)12(19)9-10/h5-6,9,15H,3-4,8H2,1-2H3,(H,21,22). The molecular formula is C17H17F2N3O3. The van der Waals surface area contributed by atoms with E-state index in [2.05, 4.69) is 10.3 Å². The molecule has 8 heteroatoms. The Kier molecular flexibility index (Phi) is 6.06. The molecule has 0 aromatic heterocycles. The zero-order chi connectivity index (χ0) is 18.4. The first-order valence-corrected chi connectivity index (χ1v) is 7.63. The second kappa shape index (κ2) is 8.24. The number of carbonyl (C=O) groups excluding carboxylic acids is 1. The SMILES string of the molecule is CCC1=C(C(=O)OCCC#N)C(c2ccc(F)c(F)c2)NC(OC)=N1. The molecular weight excluding hydrogens is 332 g/mol. The summed E-state index contributed by atoms with van der Waals surface area (Å²) >= 11 is 0. The molecule has 132 valence electrons. The van der Waals surface area contributed by atoms with Gasteiger partial charge in [0, 0.05) is 0 Å². The van der Waals surface area contributed by atoms with Crippen LogP contribution in [-0.2, 0) is 14.3 Å². The molecule has 1 aliphatic heterocycles. The molecule has 2 rings (SSSR count). The Morgan fingerprint density at radius 3 is 2.76 bits per heavy atom. The summed E-state index contributed by atoms with van der Waals surface area (Å²) in [7, 11) is 1.40. The number of nitrogens with one attached hydrogen (secondary N) is 1. The van der Waals surface area contributed by atoms with E-state index in [9.17, 15) is 13.6 Å². The fourth-order valence-corrected chi connectivity index (χ4v) is 2.40. The Labute approximate surface area is 143 Å². The third-order valence-corrected chi connectivity index (χ3v) is 3.58. The van der Waals surface area contributed by atoms with Crippen LogP contribution >= 0.6 is 0 Å². The molecule has 1 heterocycles. The van der Waals surface area contributed by atoms with Crippen molar-refractivity contribution in [3.8, 4) is 6.07 Å². The second-order valence-corrected chi connectivity index (χ2v) is 5.13. The van der Waals surface area contributed by atoms with Gasteiger partial charge < -0.3 is 14.8 Å². The Bertz CT molecular complexity index is 769. The third-order valence-electron chi connectivity index (χ3n) is 3.58. The van der Waals surface area contributed by atoms with Gasteiger partial charge in [0.2, 0.25) is 0 Å². The van der Waals surface area contributed by atoms with Crippen molar-refractivity contribution in [3.63, 3.8) is 0 Å². The van der Waals surface area contributed by atoms with Crippen molar-refractivity contribution >= 4 is 12.0 Å². The van der Waals surface area contributed by atoms with Gasteiger partial charge in [-0.3, -0.25) is 0 Å². The van der Waals surface area contributed by atoms with Crippen LogP contribution in [0.3, 0.4) is 0 Å². The van der Waals surface area contributed by atoms with E-state index in [1.165, 1.54) is 13.2 Å². The maximum absolute atomic E-state index is 13.6. The number of nitrogens with zero attached hydrogens (tertiary/aromatic N) is 2. The van der Waals surface area contributed by atoms with Gasteiger partial charge in [-0.25, -0.2) is 18.6 Å². The molecule has 1 aromatic carbocycles. The van der Waals surface area contributed by atoms with Crippen molar-refractivity contribution in [3.05, 3.63) is 46.7 Å². The smallest absolute Gasteiger partial charge is 0.338 e. The fraction of sp³-hybridized carbons (Fsp3) is 0.353. The topological polar surface area (TPSA) is 83.7 Å². The monoisotopic (exact) mass is 349 g/mol. The van der Waals surface area contributed by atoms with Gasteiger partial charge in [-0.2, -0.15) is 5.26 Å². The maximum atomic E-state index is 13.6.